The van der Waals surface area contributed by atoms with Crippen molar-refractivity contribution in [1.29, 1.82) is 0 Å². The molecule has 0 saturated carbocycles. The number of aromatic nitrogens is 2. The topological polar surface area (TPSA) is 64.5 Å². The number of carbonyl (C=O) groups is 1. The molecule has 6 nitrogen and oxygen atoms in total. The maximum absolute atomic E-state index is 12.6. The zero-order valence-electron chi connectivity index (χ0n) is 17.1. The SMILES string of the molecule is Cc1cc(C)nc(OC2CCCN(C(=O)COc3ccc(C(C)C)cc3)C2)n1. The molecule has 0 bridgehead atoms. The van der Waals surface area contributed by atoms with E-state index < -0.39 is 0 Å². The van der Waals surface area contributed by atoms with Gasteiger partial charge < -0.3 is 14.4 Å². The third kappa shape index (κ3) is 5.44. The van der Waals surface area contributed by atoms with E-state index in [-0.39, 0.29) is 18.6 Å². The van der Waals surface area contributed by atoms with Crippen molar-refractivity contribution >= 4 is 5.91 Å². The normalized spacial score (nSPS) is 16.9. The summed E-state index contributed by atoms with van der Waals surface area (Å²) in [4.78, 5) is 23.0. The average molecular weight is 383 g/mol. The number of nitrogens with zero attached hydrogens (tertiary/aromatic N) is 3. The minimum Gasteiger partial charge on any atom is -0.484 e. The smallest absolute Gasteiger partial charge is 0.317 e. The molecule has 2 aromatic rings. The van der Waals surface area contributed by atoms with Crippen LogP contribution >= 0.6 is 0 Å². The molecule has 0 radical (unpaired) electrons. The highest BCUT2D eigenvalue weighted by atomic mass is 16.5. The fraction of sp³-hybridized carbons (Fsp3) is 0.500. The summed E-state index contributed by atoms with van der Waals surface area (Å²) in [5, 5.41) is 0. The Morgan fingerprint density at radius 3 is 2.50 bits per heavy atom. The van der Waals surface area contributed by atoms with Crippen LogP contribution in [-0.4, -0.2) is 46.6 Å². The third-order valence-corrected chi connectivity index (χ3v) is 4.87. The van der Waals surface area contributed by atoms with E-state index in [1.807, 2.05) is 44.2 Å². The molecule has 1 aromatic heterocycles. The van der Waals surface area contributed by atoms with Gasteiger partial charge in [-0.25, -0.2) is 9.97 Å². The molecule has 1 fully saturated rings. The number of rotatable bonds is 6. The fourth-order valence-corrected chi connectivity index (χ4v) is 3.34. The van der Waals surface area contributed by atoms with Crippen molar-refractivity contribution < 1.29 is 14.3 Å². The Morgan fingerprint density at radius 1 is 1.18 bits per heavy atom. The summed E-state index contributed by atoms with van der Waals surface area (Å²) in [6.07, 6.45) is 1.69. The molecule has 1 saturated heterocycles. The van der Waals surface area contributed by atoms with Crippen LogP contribution in [0.1, 0.15) is 49.6 Å². The summed E-state index contributed by atoms with van der Waals surface area (Å²) in [7, 11) is 0. The lowest BCUT2D eigenvalue weighted by molar-refractivity contribution is -0.136. The predicted molar refractivity (Wildman–Crippen MR) is 108 cm³/mol. The maximum atomic E-state index is 12.6. The van der Waals surface area contributed by atoms with E-state index in [2.05, 4.69) is 23.8 Å². The van der Waals surface area contributed by atoms with Gasteiger partial charge in [0.05, 0.1) is 6.54 Å². The average Bonchev–Trinajstić information content (AvgIpc) is 2.66. The number of hydrogen-bond acceptors (Lipinski definition) is 5. The molecule has 1 aliphatic rings. The van der Waals surface area contributed by atoms with Gasteiger partial charge in [0.2, 0.25) is 0 Å². The minimum atomic E-state index is -0.0933. The van der Waals surface area contributed by atoms with Gasteiger partial charge in [-0.15, -0.1) is 0 Å². The van der Waals surface area contributed by atoms with Gasteiger partial charge in [0, 0.05) is 17.9 Å². The van der Waals surface area contributed by atoms with E-state index in [4.69, 9.17) is 9.47 Å². The van der Waals surface area contributed by atoms with Gasteiger partial charge in [-0.3, -0.25) is 4.79 Å². The molecule has 1 amide bonds. The number of aryl methyl sites for hydroxylation is 2. The number of benzene rings is 1. The molecule has 6 heteroatoms. The summed E-state index contributed by atoms with van der Waals surface area (Å²) in [6.45, 7) is 9.43. The number of amides is 1. The van der Waals surface area contributed by atoms with Gasteiger partial charge in [-0.2, -0.15) is 0 Å². The lowest BCUT2D eigenvalue weighted by Gasteiger charge is -2.32. The Hall–Kier alpha value is -2.63. The Balaban J connectivity index is 1.52. The molecule has 0 N–H and O–H groups in total. The molecule has 150 valence electrons. The van der Waals surface area contributed by atoms with E-state index in [1.165, 1.54) is 5.56 Å². The van der Waals surface area contributed by atoms with E-state index in [1.54, 1.807) is 4.90 Å². The Morgan fingerprint density at radius 2 is 1.86 bits per heavy atom. The van der Waals surface area contributed by atoms with Gasteiger partial charge in [0.1, 0.15) is 11.9 Å². The van der Waals surface area contributed by atoms with Crippen LogP contribution < -0.4 is 9.47 Å². The monoisotopic (exact) mass is 383 g/mol. The van der Waals surface area contributed by atoms with Gasteiger partial charge in [-0.1, -0.05) is 26.0 Å². The van der Waals surface area contributed by atoms with Crippen LogP contribution in [0.15, 0.2) is 30.3 Å². The summed E-state index contributed by atoms with van der Waals surface area (Å²) >= 11 is 0. The molecule has 3 rings (SSSR count). The van der Waals surface area contributed by atoms with Crippen molar-refractivity contribution in [2.24, 2.45) is 0 Å². The summed E-state index contributed by atoms with van der Waals surface area (Å²) in [6, 6.07) is 10.2. The lowest BCUT2D eigenvalue weighted by atomic mass is 10.0. The predicted octanol–water partition coefficient (Wildman–Crippen LogP) is 3.67. The van der Waals surface area contributed by atoms with Gasteiger partial charge in [0.15, 0.2) is 6.61 Å². The Bertz CT molecular complexity index is 785. The number of hydrogen-bond donors (Lipinski definition) is 0. The number of ether oxygens (including phenoxy) is 2. The second kappa shape index (κ2) is 9.04. The van der Waals surface area contributed by atoms with Gasteiger partial charge in [0.25, 0.3) is 5.91 Å². The number of carbonyl (C=O) groups excluding carboxylic acids is 1. The minimum absolute atomic E-state index is 0.0254. The van der Waals surface area contributed by atoms with Crippen molar-refractivity contribution in [3.8, 4) is 11.8 Å². The zero-order valence-corrected chi connectivity index (χ0v) is 17.1. The van der Waals surface area contributed by atoms with Gasteiger partial charge in [-0.05, 0) is 56.4 Å². The van der Waals surface area contributed by atoms with Crippen molar-refractivity contribution in [2.75, 3.05) is 19.7 Å². The zero-order chi connectivity index (χ0) is 20.1. The van der Waals surface area contributed by atoms with Crippen molar-refractivity contribution in [3.63, 3.8) is 0 Å². The summed E-state index contributed by atoms with van der Waals surface area (Å²) < 4.78 is 11.6. The molecule has 1 aromatic carbocycles. The first-order valence-corrected chi connectivity index (χ1v) is 9.90. The molecule has 1 aliphatic heterocycles. The largest absolute Gasteiger partial charge is 0.484 e. The van der Waals surface area contributed by atoms with E-state index in [0.717, 1.165) is 30.8 Å². The van der Waals surface area contributed by atoms with Crippen LogP contribution in [0.2, 0.25) is 0 Å². The molecule has 2 heterocycles. The van der Waals surface area contributed by atoms with Crippen LogP contribution in [0.3, 0.4) is 0 Å². The molecular weight excluding hydrogens is 354 g/mol. The van der Waals surface area contributed by atoms with E-state index in [9.17, 15) is 4.79 Å². The first-order valence-electron chi connectivity index (χ1n) is 9.90. The van der Waals surface area contributed by atoms with E-state index in [0.29, 0.717) is 24.2 Å². The van der Waals surface area contributed by atoms with Crippen LogP contribution in [0, 0.1) is 13.8 Å². The first kappa shape index (κ1) is 20.1. The summed E-state index contributed by atoms with van der Waals surface area (Å²) in [5.41, 5.74) is 3.01. The van der Waals surface area contributed by atoms with Crippen molar-refractivity contribution in [1.82, 2.24) is 14.9 Å². The van der Waals surface area contributed by atoms with Crippen LogP contribution in [0.4, 0.5) is 0 Å². The molecule has 1 unspecified atom stereocenters. The standard InChI is InChI=1S/C22H29N3O3/c1-15(2)18-7-9-19(10-8-18)27-14-21(26)25-11-5-6-20(13-25)28-22-23-16(3)12-17(4)24-22/h7-10,12,15,20H,5-6,11,13-14H2,1-4H3. The second-order valence-corrected chi connectivity index (χ2v) is 7.67. The second-order valence-electron chi connectivity index (χ2n) is 7.67. The quantitative estimate of drug-likeness (QED) is 0.762. The van der Waals surface area contributed by atoms with Crippen LogP contribution in [0.5, 0.6) is 11.8 Å². The van der Waals surface area contributed by atoms with Crippen molar-refractivity contribution in [2.45, 2.75) is 52.6 Å². The lowest BCUT2D eigenvalue weighted by Crippen LogP contribution is -2.46. The van der Waals surface area contributed by atoms with Crippen molar-refractivity contribution in [3.05, 3.63) is 47.3 Å². The number of likely N-dealkylation sites (tertiary alicyclic amines) is 1. The Kier molecular flexibility index (Phi) is 6.49. The summed E-state index contributed by atoms with van der Waals surface area (Å²) in [5.74, 6) is 1.16. The highest BCUT2D eigenvalue weighted by Gasteiger charge is 2.26. The molecule has 1 atom stereocenters. The van der Waals surface area contributed by atoms with Gasteiger partial charge >= 0.3 is 6.01 Å². The third-order valence-electron chi connectivity index (χ3n) is 4.87. The molecule has 0 aliphatic carbocycles. The molecule has 0 spiro atoms. The van der Waals surface area contributed by atoms with Crippen LogP contribution in [0.25, 0.3) is 0 Å². The van der Waals surface area contributed by atoms with Crippen LogP contribution in [-0.2, 0) is 4.79 Å². The molecular formula is C22H29N3O3. The fourth-order valence-electron chi connectivity index (χ4n) is 3.34. The molecule has 28 heavy (non-hydrogen) atoms. The highest BCUT2D eigenvalue weighted by Crippen LogP contribution is 2.20. The first-order chi connectivity index (χ1) is 13.4. The van der Waals surface area contributed by atoms with E-state index >= 15 is 0 Å². The maximum Gasteiger partial charge on any atom is 0.317 e. The Labute approximate surface area is 166 Å². The highest BCUT2D eigenvalue weighted by molar-refractivity contribution is 5.77. The number of piperidine rings is 1.